The van der Waals surface area contributed by atoms with E-state index in [4.69, 9.17) is 14.4 Å². The molecular formula is C17H11NO3. The molecule has 0 atom stereocenters. The maximum atomic E-state index is 12.2. The first-order valence-corrected chi connectivity index (χ1v) is 6.39. The van der Waals surface area contributed by atoms with Gasteiger partial charge in [-0.05, 0) is 31.2 Å². The zero-order valence-electron chi connectivity index (χ0n) is 11.3. The van der Waals surface area contributed by atoms with Crippen LogP contribution in [0.25, 0.3) is 11.0 Å². The van der Waals surface area contributed by atoms with E-state index in [2.05, 4.69) is 0 Å². The minimum Gasteiger partial charge on any atom is -0.449 e. The number of rotatable bonds is 2. The van der Waals surface area contributed by atoms with Gasteiger partial charge in [-0.3, -0.25) is 0 Å². The van der Waals surface area contributed by atoms with E-state index in [0.717, 1.165) is 10.9 Å². The molecule has 3 aromatic rings. The van der Waals surface area contributed by atoms with Crippen LogP contribution in [0.3, 0.4) is 0 Å². The molecule has 0 fully saturated rings. The van der Waals surface area contributed by atoms with Crippen molar-refractivity contribution in [2.75, 3.05) is 0 Å². The van der Waals surface area contributed by atoms with E-state index in [-0.39, 0.29) is 5.76 Å². The van der Waals surface area contributed by atoms with Gasteiger partial charge < -0.3 is 9.15 Å². The number of fused-ring (bicyclic) bond motifs is 1. The summed E-state index contributed by atoms with van der Waals surface area (Å²) < 4.78 is 10.8. The van der Waals surface area contributed by atoms with Crippen LogP contribution in [0.15, 0.2) is 52.9 Å². The third kappa shape index (κ3) is 2.37. The Morgan fingerprint density at radius 1 is 1.19 bits per heavy atom. The van der Waals surface area contributed by atoms with E-state index in [9.17, 15) is 4.79 Å². The van der Waals surface area contributed by atoms with Crippen LogP contribution in [0.4, 0.5) is 0 Å². The lowest BCUT2D eigenvalue weighted by molar-refractivity contribution is 0.0703. The first kappa shape index (κ1) is 12.9. The average Bonchev–Trinajstić information content (AvgIpc) is 2.85. The van der Waals surface area contributed by atoms with Gasteiger partial charge in [0.2, 0.25) is 5.76 Å². The molecule has 102 valence electrons. The molecule has 2 aromatic carbocycles. The summed E-state index contributed by atoms with van der Waals surface area (Å²) in [5.41, 5.74) is 1.82. The Morgan fingerprint density at radius 2 is 2.00 bits per heavy atom. The van der Waals surface area contributed by atoms with Gasteiger partial charge in [-0.1, -0.05) is 24.3 Å². The summed E-state index contributed by atoms with van der Waals surface area (Å²) in [6.07, 6.45) is 0. The first-order valence-electron chi connectivity index (χ1n) is 6.39. The maximum absolute atomic E-state index is 12.2. The fourth-order valence-electron chi connectivity index (χ4n) is 2.15. The molecule has 21 heavy (non-hydrogen) atoms. The lowest BCUT2D eigenvalue weighted by Crippen LogP contribution is -2.08. The van der Waals surface area contributed by atoms with Crippen LogP contribution in [0.1, 0.15) is 21.7 Å². The summed E-state index contributed by atoms with van der Waals surface area (Å²) in [7, 11) is 0. The number of benzene rings is 2. The molecule has 0 aliphatic rings. The zero-order chi connectivity index (χ0) is 14.8. The van der Waals surface area contributed by atoms with Crippen molar-refractivity contribution in [3.8, 4) is 11.8 Å². The Labute approximate surface area is 121 Å². The van der Waals surface area contributed by atoms with E-state index in [1.165, 1.54) is 6.07 Å². The Hall–Kier alpha value is -3.06. The highest BCUT2D eigenvalue weighted by Gasteiger charge is 2.19. The van der Waals surface area contributed by atoms with Crippen LogP contribution in [0, 0.1) is 18.3 Å². The number of furan rings is 1. The van der Waals surface area contributed by atoms with Gasteiger partial charge in [0, 0.05) is 10.9 Å². The molecule has 0 aliphatic heterocycles. The second-order valence-corrected chi connectivity index (χ2v) is 4.58. The fourth-order valence-corrected chi connectivity index (χ4v) is 2.15. The normalized spacial score (nSPS) is 10.3. The van der Waals surface area contributed by atoms with E-state index in [1.54, 1.807) is 24.3 Å². The van der Waals surface area contributed by atoms with Crippen LogP contribution in [0.5, 0.6) is 5.75 Å². The molecule has 0 spiro atoms. The third-order valence-corrected chi connectivity index (χ3v) is 3.20. The highest BCUT2D eigenvalue weighted by Crippen LogP contribution is 2.26. The molecule has 0 bridgehead atoms. The molecule has 0 radical (unpaired) electrons. The second kappa shape index (κ2) is 5.14. The topological polar surface area (TPSA) is 63.2 Å². The van der Waals surface area contributed by atoms with Crippen molar-refractivity contribution in [2.24, 2.45) is 0 Å². The lowest BCUT2D eigenvalue weighted by Gasteiger charge is -2.02. The monoisotopic (exact) mass is 277 g/mol. The number of esters is 1. The summed E-state index contributed by atoms with van der Waals surface area (Å²) >= 11 is 0. The second-order valence-electron chi connectivity index (χ2n) is 4.58. The van der Waals surface area contributed by atoms with E-state index >= 15 is 0 Å². The SMILES string of the molecule is Cc1c(C(=O)Oc2cccc(C#N)c2)oc2ccccc12. The highest BCUT2D eigenvalue weighted by atomic mass is 16.5. The number of nitrogens with zero attached hydrogens (tertiary/aromatic N) is 1. The molecular weight excluding hydrogens is 266 g/mol. The average molecular weight is 277 g/mol. The number of hydrogen-bond donors (Lipinski definition) is 0. The van der Waals surface area contributed by atoms with E-state index in [1.807, 2.05) is 31.2 Å². The van der Waals surface area contributed by atoms with Crippen molar-refractivity contribution in [3.63, 3.8) is 0 Å². The van der Waals surface area contributed by atoms with Crippen LogP contribution >= 0.6 is 0 Å². The number of nitriles is 1. The number of carbonyl (C=O) groups excluding carboxylic acids is 1. The standard InChI is InChI=1S/C17H11NO3/c1-11-14-7-2-3-8-15(14)21-16(11)17(19)20-13-6-4-5-12(9-13)10-18/h2-9H,1H3. The van der Waals surface area contributed by atoms with Crippen LogP contribution in [-0.2, 0) is 0 Å². The summed E-state index contributed by atoms with van der Waals surface area (Å²) in [4.78, 5) is 12.2. The van der Waals surface area contributed by atoms with Crippen molar-refractivity contribution in [1.82, 2.24) is 0 Å². The van der Waals surface area contributed by atoms with Crippen molar-refractivity contribution >= 4 is 16.9 Å². The van der Waals surface area contributed by atoms with E-state index in [0.29, 0.717) is 16.9 Å². The van der Waals surface area contributed by atoms with Crippen molar-refractivity contribution in [1.29, 1.82) is 5.26 Å². The molecule has 3 rings (SSSR count). The summed E-state index contributed by atoms with van der Waals surface area (Å²) in [5.74, 6) is -0.0729. The van der Waals surface area contributed by atoms with E-state index < -0.39 is 5.97 Å². The predicted octanol–water partition coefficient (Wildman–Crippen LogP) is 3.83. The maximum Gasteiger partial charge on any atom is 0.379 e. The van der Waals surface area contributed by atoms with Crippen LogP contribution in [-0.4, -0.2) is 5.97 Å². The van der Waals surface area contributed by atoms with Gasteiger partial charge in [0.1, 0.15) is 11.3 Å². The summed E-state index contributed by atoms with van der Waals surface area (Å²) in [6, 6.07) is 15.9. The van der Waals surface area contributed by atoms with Crippen molar-refractivity contribution in [2.45, 2.75) is 6.92 Å². The molecule has 1 aromatic heterocycles. The largest absolute Gasteiger partial charge is 0.449 e. The highest BCUT2D eigenvalue weighted by molar-refractivity contribution is 5.96. The number of carbonyl (C=O) groups is 1. The fraction of sp³-hybridized carbons (Fsp3) is 0.0588. The molecule has 0 amide bonds. The van der Waals surface area contributed by atoms with Crippen LogP contribution < -0.4 is 4.74 Å². The summed E-state index contributed by atoms with van der Waals surface area (Å²) in [6.45, 7) is 1.81. The van der Waals surface area contributed by atoms with Crippen LogP contribution in [0.2, 0.25) is 0 Å². The molecule has 0 saturated heterocycles. The zero-order valence-corrected chi connectivity index (χ0v) is 11.3. The molecule has 0 aliphatic carbocycles. The third-order valence-electron chi connectivity index (χ3n) is 3.20. The van der Waals surface area contributed by atoms with Gasteiger partial charge in [-0.2, -0.15) is 5.26 Å². The van der Waals surface area contributed by atoms with Gasteiger partial charge in [0.05, 0.1) is 11.6 Å². The van der Waals surface area contributed by atoms with Crippen molar-refractivity contribution in [3.05, 3.63) is 65.4 Å². The Kier molecular flexibility index (Phi) is 3.17. The van der Waals surface area contributed by atoms with Gasteiger partial charge >= 0.3 is 5.97 Å². The van der Waals surface area contributed by atoms with Gasteiger partial charge in [-0.15, -0.1) is 0 Å². The number of aryl methyl sites for hydroxylation is 1. The Morgan fingerprint density at radius 3 is 2.76 bits per heavy atom. The first-order chi connectivity index (χ1) is 10.2. The molecule has 1 heterocycles. The Bertz CT molecular complexity index is 871. The molecule has 4 nitrogen and oxygen atoms in total. The molecule has 4 heteroatoms. The number of hydrogen-bond acceptors (Lipinski definition) is 4. The molecule has 0 N–H and O–H groups in total. The number of para-hydroxylation sites is 1. The quantitative estimate of drug-likeness (QED) is 0.527. The minimum atomic E-state index is -0.571. The Balaban J connectivity index is 1.94. The molecule has 0 unspecified atom stereocenters. The smallest absolute Gasteiger partial charge is 0.379 e. The van der Waals surface area contributed by atoms with Gasteiger partial charge in [0.25, 0.3) is 0 Å². The molecule has 0 saturated carbocycles. The van der Waals surface area contributed by atoms with Crippen molar-refractivity contribution < 1.29 is 13.9 Å². The lowest BCUT2D eigenvalue weighted by atomic mass is 10.1. The summed E-state index contributed by atoms with van der Waals surface area (Å²) in [5, 5.41) is 9.73. The minimum absolute atomic E-state index is 0.179. The van der Waals surface area contributed by atoms with Gasteiger partial charge in [-0.25, -0.2) is 4.79 Å². The van der Waals surface area contributed by atoms with Gasteiger partial charge in [0.15, 0.2) is 0 Å². The predicted molar refractivity (Wildman–Crippen MR) is 77.1 cm³/mol. The number of ether oxygens (including phenoxy) is 1.